The van der Waals surface area contributed by atoms with Crippen molar-refractivity contribution in [2.75, 3.05) is 14.1 Å². The molecule has 0 radical (unpaired) electrons. The number of fused-ring (bicyclic) bond motifs is 1. The van der Waals surface area contributed by atoms with Crippen LogP contribution in [0, 0.1) is 6.92 Å². The number of nitrogens with one attached hydrogen (secondary N) is 1. The molecule has 2 heterocycles. The van der Waals surface area contributed by atoms with Crippen LogP contribution in [0.25, 0.3) is 5.65 Å². The van der Waals surface area contributed by atoms with Gasteiger partial charge in [-0.2, -0.15) is 0 Å². The lowest BCUT2D eigenvalue weighted by Gasteiger charge is -2.16. The second-order valence-corrected chi connectivity index (χ2v) is 3.83. The highest BCUT2D eigenvalue weighted by atomic mass is 15.4. The molecule has 14 heavy (non-hydrogen) atoms. The average molecular weight is 193 g/mol. The fraction of sp³-hybridized carbons (Fsp3) is 0.556. The molecular weight excluding hydrogens is 178 g/mol. The van der Waals surface area contributed by atoms with Crippen LogP contribution in [-0.4, -0.2) is 38.8 Å². The Kier molecular flexibility index (Phi) is 2.03. The van der Waals surface area contributed by atoms with E-state index in [2.05, 4.69) is 27.1 Å². The second kappa shape index (κ2) is 3.09. The van der Waals surface area contributed by atoms with Gasteiger partial charge in [0.25, 0.3) is 0 Å². The molecule has 0 bridgehead atoms. The minimum atomic E-state index is 0.253. The lowest BCUT2D eigenvalue weighted by atomic mass is 10.3. The Morgan fingerprint density at radius 1 is 1.43 bits per heavy atom. The van der Waals surface area contributed by atoms with Crippen molar-refractivity contribution < 1.29 is 0 Å². The monoisotopic (exact) mass is 193 g/mol. The number of aryl methyl sites for hydroxylation is 1. The van der Waals surface area contributed by atoms with E-state index in [9.17, 15) is 0 Å². The largest absolute Gasteiger partial charge is 0.300 e. The van der Waals surface area contributed by atoms with Crippen LogP contribution in [0.5, 0.6) is 0 Å². The molecule has 1 N–H and O–H groups in total. The molecular formula is C9H15N5. The summed E-state index contributed by atoms with van der Waals surface area (Å²) in [5.41, 5.74) is 1.98. The lowest BCUT2D eigenvalue weighted by molar-refractivity contribution is 0.304. The van der Waals surface area contributed by atoms with Crippen molar-refractivity contribution in [3.63, 3.8) is 0 Å². The third-order valence-corrected chi connectivity index (χ3v) is 2.50. The first-order chi connectivity index (χ1) is 6.59. The van der Waals surface area contributed by atoms with E-state index in [0.29, 0.717) is 0 Å². The van der Waals surface area contributed by atoms with Gasteiger partial charge >= 0.3 is 0 Å². The number of hydrogen-bond donors (Lipinski definition) is 1. The zero-order chi connectivity index (χ0) is 10.3. The van der Waals surface area contributed by atoms with E-state index in [1.807, 2.05) is 31.6 Å². The van der Waals surface area contributed by atoms with Gasteiger partial charge in [-0.25, -0.2) is 4.52 Å². The van der Waals surface area contributed by atoms with Crippen LogP contribution in [0.4, 0.5) is 0 Å². The Morgan fingerprint density at radius 2 is 2.14 bits per heavy atom. The van der Waals surface area contributed by atoms with Gasteiger partial charge in [0.1, 0.15) is 0 Å². The van der Waals surface area contributed by atoms with Gasteiger partial charge in [0, 0.05) is 11.8 Å². The summed E-state index contributed by atoms with van der Waals surface area (Å²) in [6.07, 6.45) is 0. The third kappa shape index (κ3) is 1.29. The summed E-state index contributed by atoms with van der Waals surface area (Å²) in [5, 5.41) is 11.5. The van der Waals surface area contributed by atoms with Crippen LogP contribution >= 0.6 is 0 Å². The summed E-state index contributed by atoms with van der Waals surface area (Å²) in [4.78, 5) is 2.10. The number of aromatic nitrogens is 4. The number of hydrogen-bond acceptors (Lipinski definition) is 3. The molecule has 0 aliphatic carbocycles. The number of nitrogens with zero attached hydrogens (tertiary/aromatic N) is 4. The number of aromatic amines is 1. The van der Waals surface area contributed by atoms with E-state index >= 15 is 0 Å². The Balaban J connectivity index is 2.51. The van der Waals surface area contributed by atoms with Gasteiger partial charge in [0.15, 0.2) is 11.5 Å². The maximum Gasteiger partial charge on any atom is 0.177 e. The second-order valence-electron chi connectivity index (χ2n) is 3.83. The predicted octanol–water partition coefficient (Wildman–Crippen LogP) is 0.988. The molecule has 0 spiro atoms. The SMILES string of the molecule is Cc1cc2nnc(C(C)N(C)C)n2[nH]1. The Labute approximate surface area is 82.7 Å². The quantitative estimate of drug-likeness (QED) is 0.773. The molecule has 1 unspecified atom stereocenters. The maximum atomic E-state index is 4.16. The lowest BCUT2D eigenvalue weighted by Crippen LogP contribution is -2.19. The van der Waals surface area contributed by atoms with Gasteiger partial charge in [-0.05, 0) is 27.9 Å². The minimum absolute atomic E-state index is 0.253. The summed E-state index contributed by atoms with van der Waals surface area (Å²) < 4.78 is 1.93. The fourth-order valence-electron chi connectivity index (χ4n) is 1.42. The topological polar surface area (TPSA) is 49.2 Å². The summed E-state index contributed by atoms with van der Waals surface area (Å²) in [6, 6.07) is 2.24. The molecule has 5 nitrogen and oxygen atoms in total. The van der Waals surface area contributed by atoms with E-state index < -0.39 is 0 Å². The molecule has 0 aliphatic heterocycles. The van der Waals surface area contributed by atoms with Crippen molar-refractivity contribution in [2.24, 2.45) is 0 Å². The normalized spacial score (nSPS) is 14.1. The van der Waals surface area contributed by atoms with E-state index in [1.54, 1.807) is 0 Å². The summed E-state index contributed by atoms with van der Waals surface area (Å²) in [5.74, 6) is 0.943. The molecule has 0 fully saturated rings. The van der Waals surface area contributed by atoms with Crippen LogP contribution in [-0.2, 0) is 0 Å². The predicted molar refractivity (Wildman–Crippen MR) is 54.2 cm³/mol. The van der Waals surface area contributed by atoms with Crippen molar-refractivity contribution >= 4 is 5.65 Å². The van der Waals surface area contributed by atoms with Crippen molar-refractivity contribution in [3.8, 4) is 0 Å². The van der Waals surface area contributed by atoms with Gasteiger partial charge in [0.05, 0.1) is 6.04 Å². The molecule has 5 heteroatoms. The van der Waals surface area contributed by atoms with Crippen LogP contribution in [0.1, 0.15) is 24.5 Å². The first-order valence-corrected chi connectivity index (χ1v) is 4.66. The molecule has 2 rings (SSSR count). The Morgan fingerprint density at radius 3 is 2.79 bits per heavy atom. The summed E-state index contributed by atoms with van der Waals surface area (Å²) >= 11 is 0. The molecule has 2 aromatic heterocycles. The van der Waals surface area contributed by atoms with Gasteiger partial charge in [0.2, 0.25) is 0 Å². The van der Waals surface area contributed by atoms with Crippen LogP contribution < -0.4 is 0 Å². The third-order valence-electron chi connectivity index (χ3n) is 2.50. The minimum Gasteiger partial charge on any atom is -0.300 e. The highest BCUT2D eigenvalue weighted by molar-refractivity contribution is 5.38. The molecule has 0 aromatic carbocycles. The molecule has 2 aromatic rings. The zero-order valence-corrected chi connectivity index (χ0v) is 8.94. The van der Waals surface area contributed by atoms with Crippen molar-refractivity contribution in [3.05, 3.63) is 17.6 Å². The molecule has 0 amide bonds. The molecule has 0 aliphatic rings. The maximum absolute atomic E-state index is 4.16. The first-order valence-electron chi connectivity index (χ1n) is 4.66. The average Bonchev–Trinajstić information content (AvgIpc) is 2.61. The highest BCUT2D eigenvalue weighted by Gasteiger charge is 2.16. The van der Waals surface area contributed by atoms with Gasteiger partial charge in [-0.1, -0.05) is 0 Å². The van der Waals surface area contributed by atoms with Crippen LogP contribution in [0.3, 0.4) is 0 Å². The van der Waals surface area contributed by atoms with Gasteiger partial charge in [-0.15, -0.1) is 10.2 Å². The molecule has 0 saturated carbocycles. The van der Waals surface area contributed by atoms with E-state index in [4.69, 9.17) is 0 Å². The van der Waals surface area contributed by atoms with Crippen LogP contribution in [0.2, 0.25) is 0 Å². The van der Waals surface area contributed by atoms with Crippen molar-refractivity contribution in [2.45, 2.75) is 19.9 Å². The summed E-state index contributed by atoms with van der Waals surface area (Å²) in [7, 11) is 4.06. The zero-order valence-electron chi connectivity index (χ0n) is 8.94. The van der Waals surface area contributed by atoms with Gasteiger partial charge < -0.3 is 0 Å². The highest BCUT2D eigenvalue weighted by Crippen LogP contribution is 2.15. The molecule has 76 valence electrons. The van der Waals surface area contributed by atoms with Crippen molar-refractivity contribution in [1.29, 1.82) is 0 Å². The number of H-pyrrole nitrogens is 1. The smallest absolute Gasteiger partial charge is 0.177 e. The van der Waals surface area contributed by atoms with Crippen LogP contribution in [0.15, 0.2) is 6.07 Å². The van der Waals surface area contributed by atoms with E-state index in [-0.39, 0.29) is 6.04 Å². The van der Waals surface area contributed by atoms with E-state index in [1.165, 1.54) is 0 Å². The molecule has 0 saturated heterocycles. The fourth-order valence-corrected chi connectivity index (χ4v) is 1.42. The van der Waals surface area contributed by atoms with E-state index in [0.717, 1.165) is 17.2 Å². The first kappa shape index (κ1) is 9.21. The standard InChI is InChI=1S/C9H15N5/c1-6-5-8-10-11-9(14(8)12-6)7(2)13(3)4/h5,7,12H,1-4H3. The summed E-state index contributed by atoms with van der Waals surface area (Å²) in [6.45, 7) is 4.12. The Hall–Kier alpha value is -1.36. The van der Waals surface area contributed by atoms with Gasteiger partial charge in [-0.3, -0.25) is 10.00 Å². The molecule has 1 atom stereocenters. The van der Waals surface area contributed by atoms with Crippen molar-refractivity contribution in [1.82, 2.24) is 24.7 Å². The number of rotatable bonds is 2. The Bertz CT molecular complexity index is 439.